The number of ether oxygens (including phenoxy) is 11. The molecule has 11 saturated carbocycles. The number of esters is 10. The van der Waals surface area contributed by atoms with E-state index in [9.17, 15) is 57.5 Å². The maximum absolute atomic E-state index is 11.6. The third-order valence-electron chi connectivity index (χ3n) is 29.3. The van der Waals surface area contributed by atoms with Crippen molar-refractivity contribution in [3.05, 3.63) is 251 Å². The molecular weight excluding hydrogens is 1860 g/mol. The second-order valence-electron chi connectivity index (χ2n) is 40.2. The van der Waals surface area contributed by atoms with E-state index >= 15 is 0 Å². The second kappa shape index (κ2) is 76.0. The molecular formula is C124H180O23. The lowest BCUT2D eigenvalue weighted by Crippen LogP contribution is -2.38. The van der Waals surface area contributed by atoms with Crippen LogP contribution in [0.2, 0.25) is 0 Å². The smallest absolute Gasteiger partial charge is 0.333 e. The van der Waals surface area contributed by atoms with Crippen molar-refractivity contribution < 1.29 is 110 Å². The Bertz CT molecular complexity index is 4350. The lowest BCUT2D eigenvalue weighted by atomic mass is 9.70. The Morgan fingerprint density at radius 2 is 0.626 bits per heavy atom. The predicted molar refractivity (Wildman–Crippen MR) is 584 cm³/mol. The Kier molecular flexibility index (Phi) is 67.9. The molecule has 0 radical (unpaired) electrons. The summed E-state index contributed by atoms with van der Waals surface area (Å²) in [4.78, 5) is 128. The minimum Gasteiger partial charge on any atom is -0.490 e. The fourth-order valence-corrected chi connectivity index (χ4v) is 21.3. The quantitative estimate of drug-likeness (QED) is 0.0221. The molecule has 0 N–H and O–H groups in total. The first-order chi connectivity index (χ1) is 70.2. The maximum atomic E-state index is 11.6. The number of allylic oxidation sites excluding steroid dienone is 2. The molecule has 15 unspecified atom stereocenters. The monoisotopic (exact) mass is 2040 g/mol. The first-order valence-corrected chi connectivity index (χ1v) is 53.4. The number of methoxy groups -OCH3 is 1. The molecule has 11 aliphatic rings. The molecule has 0 saturated heterocycles. The van der Waals surface area contributed by atoms with Gasteiger partial charge >= 0.3 is 59.7 Å². The Balaban J connectivity index is 0.000000543. The predicted octanol–water partition coefficient (Wildman–Crippen LogP) is 27.2. The van der Waals surface area contributed by atoms with Gasteiger partial charge in [0.05, 0.1) is 40.1 Å². The van der Waals surface area contributed by atoms with E-state index < -0.39 is 5.97 Å². The van der Waals surface area contributed by atoms with Gasteiger partial charge in [0.15, 0.2) is 11.6 Å². The average Bonchev–Trinajstić information content (AvgIpc) is 1.55. The molecule has 8 bridgehead atoms. The first-order valence-electron chi connectivity index (χ1n) is 53.4. The Hall–Kier alpha value is -11.6. The second-order valence-corrected chi connectivity index (χ2v) is 40.2. The lowest BCUT2D eigenvalue weighted by Gasteiger charge is -2.38. The molecule has 0 aliphatic heterocycles. The van der Waals surface area contributed by atoms with Crippen molar-refractivity contribution in [2.24, 2.45) is 87.8 Å². The van der Waals surface area contributed by atoms with Crippen molar-refractivity contribution in [3.8, 4) is 5.75 Å². The molecule has 11 fully saturated rings. The van der Waals surface area contributed by atoms with Crippen molar-refractivity contribution in [1.29, 1.82) is 0 Å². The number of carbonyl (C=O) groups excluding carboxylic acids is 12. The van der Waals surface area contributed by atoms with Crippen molar-refractivity contribution >= 4 is 71.3 Å². The number of rotatable bonds is 40. The molecule has 23 heteroatoms. The molecule has 147 heavy (non-hydrogen) atoms. The summed E-state index contributed by atoms with van der Waals surface area (Å²) in [6.07, 6.45) is 50.8. The molecule has 0 aromatic heterocycles. The van der Waals surface area contributed by atoms with E-state index in [1.54, 1.807) is 157 Å². The van der Waals surface area contributed by atoms with Crippen LogP contribution in [0.3, 0.4) is 0 Å². The summed E-state index contributed by atoms with van der Waals surface area (Å²) in [5, 5.41) is 0. The highest BCUT2D eigenvalue weighted by Crippen LogP contribution is 2.67. The van der Waals surface area contributed by atoms with E-state index in [0.717, 1.165) is 118 Å². The van der Waals surface area contributed by atoms with Gasteiger partial charge in [-0.25, -0.2) is 47.9 Å². The molecule has 0 heterocycles. The zero-order valence-corrected chi connectivity index (χ0v) is 91.4. The van der Waals surface area contributed by atoms with Crippen LogP contribution in [0.15, 0.2) is 240 Å². The molecule has 14 rings (SSSR count). The van der Waals surface area contributed by atoms with Crippen molar-refractivity contribution in [2.45, 2.75) is 307 Å². The van der Waals surface area contributed by atoms with Crippen LogP contribution in [0, 0.1) is 87.8 Å². The minimum absolute atomic E-state index is 0.0884. The van der Waals surface area contributed by atoms with E-state index in [1.165, 1.54) is 103 Å². The van der Waals surface area contributed by atoms with Crippen molar-refractivity contribution in [3.63, 3.8) is 0 Å². The Labute approximate surface area is 881 Å². The number of carbonyl (C=O) groups is 12. The van der Waals surface area contributed by atoms with Gasteiger partial charge in [-0.3, -0.25) is 9.59 Å². The average molecular weight is 2040 g/mol. The number of benzene rings is 3. The SMILES string of the molecule is C1CC2C3CCC(C3)C2C1.C1CC2C3CCC(C3)C2C1.C1CC2C3CCC(C3)C2C1.C=C(C)C(=O)OC.C=C(C)C(=O)OC1CC2CCC1(C)C2(C)C.C=C(C)C(=O)OCCCCCCOC(=O)C(=C)C.C=C(C)C(=O)OCc1ccccc1.C=CC(=O)CCC.C=CC(=O)CCC.C=CC(=O)OCC.C=CC(=O)OCCCCCCOC(=O)C=C.C=CC(=O)OCCOc1ccccc1.C=CC(=O)OCc1ccccc1. The van der Waals surface area contributed by atoms with E-state index in [1.807, 2.05) is 105 Å². The van der Waals surface area contributed by atoms with Crippen LogP contribution < -0.4 is 4.74 Å². The molecule has 814 valence electrons. The van der Waals surface area contributed by atoms with Crippen molar-refractivity contribution in [1.82, 2.24) is 0 Å². The zero-order valence-electron chi connectivity index (χ0n) is 91.4. The van der Waals surface area contributed by atoms with Gasteiger partial charge in [-0.2, -0.15) is 0 Å². The Morgan fingerprint density at radius 1 is 0.327 bits per heavy atom. The van der Waals surface area contributed by atoms with E-state index in [2.05, 4.69) is 109 Å². The number of para-hydroxylation sites is 1. The summed E-state index contributed by atoms with van der Waals surface area (Å²) < 4.78 is 53.6. The van der Waals surface area contributed by atoms with Crippen LogP contribution in [0.25, 0.3) is 0 Å². The molecule has 23 nitrogen and oxygen atoms in total. The normalized spacial score (nSPS) is 22.2. The summed E-state index contributed by atoms with van der Waals surface area (Å²) in [6, 6.07) is 28.4. The highest BCUT2D eigenvalue weighted by molar-refractivity contribution is 5.90. The van der Waals surface area contributed by atoms with Gasteiger partial charge in [-0.05, 0) is 339 Å². The lowest BCUT2D eigenvalue weighted by molar-refractivity contribution is -0.152. The standard InChI is InChI=1S/C14H22O4.C14H22O2.C12H18O4.C11H12O3.C11H12O2.C10H10O2.3C10H16.2C6H10O.2C5H8O2/c1-11(2)13(15)17-9-7-5-6-8-10-18-14(16)12(3)4;1-9(2)12(15)16-11-8-10-6-7-14(11,5)13(10,3)4;1-3-11(13)15-9-7-5-6-8-10-16-12(14)4-2;1-2-11(12)14-9-8-13-10-6-4-3-5-7-10;1-9(2)11(12)13-8-10-6-4-3-5-7-10;1-2-10(11)12-8-9-6-4-3-5-7-9;3*1-2-9-7-4-5-8(6-7)10(9)3-1;2*1-3-5-6(7)4-2;1-4(2)5(6)7-3;1-3-5(6)7-4-2/h1,3,5-10H2,2,4H3;10-11H,1,6-8H2,2-5H3;3-4H,1-2,5-10H2;2-7H,1,8-9H2;3-7H,1,8H2,2H3;2-7H,1,8H2;3*7-10H,1-6H2;2*4H,2-3,5H2,1H3;1H2,2-3H3;3H,1,4H2,2H3. The summed E-state index contributed by atoms with van der Waals surface area (Å²) in [5.74, 6) is 12.6. The molecule has 0 spiro atoms. The topological polar surface area (TPSA) is 306 Å². The van der Waals surface area contributed by atoms with Gasteiger partial charge in [-0.1, -0.05) is 212 Å². The van der Waals surface area contributed by atoms with Crippen LogP contribution in [0.4, 0.5) is 0 Å². The zero-order chi connectivity index (χ0) is 110. The van der Waals surface area contributed by atoms with Crippen LogP contribution >= 0.6 is 0 Å². The Morgan fingerprint density at radius 3 is 0.891 bits per heavy atom. The van der Waals surface area contributed by atoms with Crippen LogP contribution in [0.5, 0.6) is 5.75 Å². The van der Waals surface area contributed by atoms with Crippen LogP contribution in [0.1, 0.15) is 299 Å². The molecule has 0 amide bonds. The third kappa shape index (κ3) is 52.2. The first kappa shape index (κ1) is 131. The van der Waals surface area contributed by atoms with Gasteiger partial charge in [0, 0.05) is 76.5 Å². The number of hydrogen-bond acceptors (Lipinski definition) is 23. The number of fused-ring (bicyclic) bond motifs is 17. The van der Waals surface area contributed by atoms with E-state index in [0.29, 0.717) is 105 Å². The number of ketones is 2. The van der Waals surface area contributed by atoms with Gasteiger partial charge in [0.2, 0.25) is 0 Å². The van der Waals surface area contributed by atoms with Gasteiger partial charge in [-0.15, -0.1) is 0 Å². The summed E-state index contributed by atoms with van der Waals surface area (Å²) in [5.41, 5.74) is 4.62. The summed E-state index contributed by atoms with van der Waals surface area (Å²) in [6.45, 7) is 64.6. The molecule has 15 atom stereocenters. The summed E-state index contributed by atoms with van der Waals surface area (Å²) >= 11 is 0. The largest absolute Gasteiger partial charge is 0.490 e. The van der Waals surface area contributed by atoms with E-state index in [-0.39, 0.29) is 83.4 Å². The fraction of sp³-hybridized carbons (Fsp3) is 0.565. The highest BCUT2D eigenvalue weighted by Gasteiger charge is 2.63. The van der Waals surface area contributed by atoms with E-state index in [4.69, 9.17) is 42.6 Å². The highest BCUT2D eigenvalue weighted by atomic mass is 16.6. The van der Waals surface area contributed by atoms with Gasteiger partial charge in [0.25, 0.3) is 0 Å². The fourth-order valence-electron chi connectivity index (χ4n) is 21.3. The van der Waals surface area contributed by atoms with Crippen molar-refractivity contribution in [2.75, 3.05) is 53.4 Å². The molecule has 11 aliphatic carbocycles. The minimum atomic E-state index is -0.429. The van der Waals surface area contributed by atoms with Gasteiger partial charge < -0.3 is 52.1 Å². The van der Waals surface area contributed by atoms with Gasteiger partial charge in [0.1, 0.15) is 38.3 Å². The molecule has 3 aromatic carbocycles. The van der Waals surface area contributed by atoms with Crippen LogP contribution in [-0.2, 0) is 118 Å². The number of hydrogen-bond donors (Lipinski definition) is 0. The summed E-state index contributed by atoms with van der Waals surface area (Å²) in [7, 11) is 1.33. The maximum Gasteiger partial charge on any atom is 0.333 e. The molecule has 3 aromatic rings. The number of unbranched alkanes of at least 4 members (excludes halogenated alkanes) is 6. The van der Waals surface area contributed by atoms with Crippen LogP contribution in [-0.4, -0.2) is 131 Å². The third-order valence-corrected chi connectivity index (χ3v) is 29.3.